The van der Waals surface area contributed by atoms with E-state index in [9.17, 15) is 9.59 Å². The third kappa shape index (κ3) is 3.40. The molecule has 0 spiro atoms. The summed E-state index contributed by atoms with van der Waals surface area (Å²) in [5, 5.41) is 5.63. The minimum atomic E-state index is -1.03. The quantitative estimate of drug-likeness (QED) is 0.765. The molecule has 27 heavy (non-hydrogen) atoms. The van der Waals surface area contributed by atoms with Crippen molar-refractivity contribution in [1.82, 2.24) is 0 Å². The van der Waals surface area contributed by atoms with E-state index in [0.29, 0.717) is 42.3 Å². The highest BCUT2D eigenvalue weighted by Crippen LogP contribution is 2.48. The Kier molecular flexibility index (Phi) is 4.35. The molecular weight excluding hydrogens is 348 g/mol. The Morgan fingerprint density at radius 2 is 1.59 bits per heavy atom. The molecule has 1 aliphatic carbocycles. The Hall–Kier alpha value is -3.22. The highest BCUT2D eigenvalue weighted by atomic mass is 16.7. The van der Waals surface area contributed by atoms with Gasteiger partial charge in [0.2, 0.25) is 18.6 Å². The van der Waals surface area contributed by atoms with Crippen molar-refractivity contribution in [3.63, 3.8) is 0 Å². The van der Waals surface area contributed by atoms with Gasteiger partial charge in [-0.3, -0.25) is 9.59 Å². The van der Waals surface area contributed by atoms with E-state index in [1.165, 1.54) is 0 Å². The first-order valence-electron chi connectivity index (χ1n) is 8.86. The molecular formula is C20H20N2O5. The number of amides is 2. The molecule has 7 heteroatoms. The van der Waals surface area contributed by atoms with Crippen molar-refractivity contribution >= 4 is 23.2 Å². The van der Waals surface area contributed by atoms with Crippen LogP contribution in [-0.2, 0) is 9.59 Å². The molecule has 0 unspecified atom stereocenters. The minimum Gasteiger partial charge on any atom is -0.494 e. The number of rotatable bonds is 6. The van der Waals surface area contributed by atoms with Crippen LogP contribution in [0.3, 0.4) is 0 Å². The van der Waals surface area contributed by atoms with Gasteiger partial charge in [-0.1, -0.05) is 0 Å². The van der Waals surface area contributed by atoms with Crippen LogP contribution in [0.4, 0.5) is 11.4 Å². The van der Waals surface area contributed by atoms with E-state index in [1.54, 1.807) is 42.5 Å². The third-order valence-electron chi connectivity index (χ3n) is 4.67. The number of ether oxygens (including phenoxy) is 3. The predicted molar refractivity (Wildman–Crippen MR) is 99.1 cm³/mol. The first-order valence-corrected chi connectivity index (χ1v) is 8.86. The van der Waals surface area contributed by atoms with E-state index < -0.39 is 5.41 Å². The Bertz CT molecular complexity index is 874. The van der Waals surface area contributed by atoms with Crippen molar-refractivity contribution < 1.29 is 23.8 Å². The molecule has 4 rings (SSSR count). The molecule has 140 valence electrons. The first kappa shape index (κ1) is 17.2. The fourth-order valence-electron chi connectivity index (χ4n) is 2.96. The van der Waals surface area contributed by atoms with Gasteiger partial charge in [-0.2, -0.15) is 0 Å². The third-order valence-corrected chi connectivity index (χ3v) is 4.67. The van der Waals surface area contributed by atoms with E-state index in [4.69, 9.17) is 14.2 Å². The summed E-state index contributed by atoms with van der Waals surface area (Å²) in [4.78, 5) is 25.4. The van der Waals surface area contributed by atoms with Gasteiger partial charge < -0.3 is 24.8 Å². The van der Waals surface area contributed by atoms with Gasteiger partial charge in [0.25, 0.3) is 0 Å². The van der Waals surface area contributed by atoms with Gasteiger partial charge in [0.1, 0.15) is 11.2 Å². The average Bonchev–Trinajstić information content (AvgIpc) is 3.36. The summed E-state index contributed by atoms with van der Waals surface area (Å²) < 4.78 is 16.0. The van der Waals surface area contributed by atoms with Gasteiger partial charge in [-0.25, -0.2) is 0 Å². The molecule has 0 aromatic heterocycles. The Morgan fingerprint density at radius 3 is 2.26 bits per heavy atom. The van der Waals surface area contributed by atoms with Gasteiger partial charge in [0, 0.05) is 17.4 Å². The second kappa shape index (κ2) is 6.83. The van der Waals surface area contributed by atoms with Crippen LogP contribution in [0.5, 0.6) is 17.2 Å². The number of carbonyl (C=O) groups is 2. The molecule has 0 atom stereocenters. The summed E-state index contributed by atoms with van der Waals surface area (Å²) in [7, 11) is 0. The maximum Gasteiger partial charge on any atom is 0.240 e. The van der Waals surface area contributed by atoms with Crippen LogP contribution >= 0.6 is 0 Å². The maximum absolute atomic E-state index is 12.7. The lowest BCUT2D eigenvalue weighted by molar-refractivity contribution is -0.131. The number of hydrogen-bond donors (Lipinski definition) is 2. The number of hydrogen-bond acceptors (Lipinski definition) is 5. The molecule has 0 bridgehead atoms. The number of carbonyl (C=O) groups excluding carboxylic acids is 2. The number of fused-ring (bicyclic) bond motifs is 1. The summed E-state index contributed by atoms with van der Waals surface area (Å²) >= 11 is 0. The number of benzene rings is 2. The van der Waals surface area contributed by atoms with Crippen LogP contribution in [-0.4, -0.2) is 25.2 Å². The van der Waals surface area contributed by atoms with Crippen molar-refractivity contribution in [1.29, 1.82) is 0 Å². The molecule has 0 radical (unpaired) electrons. The summed E-state index contributed by atoms with van der Waals surface area (Å²) in [5.41, 5.74) is 0.171. The molecule has 1 saturated carbocycles. The molecule has 2 aromatic rings. The molecule has 1 fully saturated rings. The summed E-state index contributed by atoms with van der Waals surface area (Å²) in [6.45, 7) is 2.65. The lowest BCUT2D eigenvalue weighted by Crippen LogP contribution is -2.35. The van der Waals surface area contributed by atoms with E-state index in [0.717, 1.165) is 5.75 Å². The van der Waals surface area contributed by atoms with Gasteiger partial charge in [-0.15, -0.1) is 0 Å². The molecule has 1 aliphatic heterocycles. The standard InChI is InChI=1S/C20H20N2O5/c1-2-25-15-6-3-13(4-7-15)21-18(23)20(9-10-20)19(24)22-14-5-8-16-17(11-14)27-12-26-16/h3-8,11H,2,9-10,12H2,1H3,(H,21,23)(H,22,24). The zero-order valence-electron chi connectivity index (χ0n) is 14.9. The van der Waals surface area contributed by atoms with Crippen LogP contribution in [0.25, 0.3) is 0 Å². The lowest BCUT2D eigenvalue weighted by atomic mass is 10.0. The number of anilines is 2. The second-order valence-electron chi connectivity index (χ2n) is 6.52. The van der Waals surface area contributed by atoms with Crippen molar-refractivity contribution in [2.75, 3.05) is 24.0 Å². The zero-order valence-corrected chi connectivity index (χ0v) is 14.9. The maximum atomic E-state index is 12.7. The monoisotopic (exact) mass is 368 g/mol. The lowest BCUT2D eigenvalue weighted by Gasteiger charge is -2.16. The van der Waals surface area contributed by atoms with Crippen LogP contribution in [0, 0.1) is 5.41 Å². The molecule has 7 nitrogen and oxygen atoms in total. The SMILES string of the molecule is CCOc1ccc(NC(=O)C2(C(=O)Nc3ccc4c(c3)OCO4)CC2)cc1. The van der Waals surface area contributed by atoms with Gasteiger partial charge >= 0.3 is 0 Å². The van der Waals surface area contributed by atoms with Crippen LogP contribution < -0.4 is 24.8 Å². The first-order chi connectivity index (χ1) is 13.1. The molecule has 2 aromatic carbocycles. The van der Waals surface area contributed by atoms with Gasteiger partial charge in [0.05, 0.1) is 6.61 Å². The van der Waals surface area contributed by atoms with Crippen LogP contribution in [0.2, 0.25) is 0 Å². The van der Waals surface area contributed by atoms with E-state index in [-0.39, 0.29) is 18.6 Å². The van der Waals surface area contributed by atoms with Crippen molar-refractivity contribution in [2.24, 2.45) is 5.41 Å². The number of nitrogens with one attached hydrogen (secondary N) is 2. The fraction of sp³-hybridized carbons (Fsp3) is 0.300. The fourth-order valence-corrected chi connectivity index (χ4v) is 2.96. The summed E-state index contributed by atoms with van der Waals surface area (Å²) in [6, 6.07) is 12.2. The van der Waals surface area contributed by atoms with E-state index in [2.05, 4.69) is 10.6 Å². The Morgan fingerprint density at radius 1 is 0.963 bits per heavy atom. The van der Waals surface area contributed by atoms with Crippen molar-refractivity contribution in [2.45, 2.75) is 19.8 Å². The second-order valence-corrected chi connectivity index (χ2v) is 6.52. The molecule has 1 heterocycles. The highest BCUT2D eigenvalue weighted by molar-refractivity contribution is 6.16. The average molecular weight is 368 g/mol. The molecule has 0 saturated heterocycles. The summed E-state index contributed by atoms with van der Waals surface area (Å²) in [5.74, 6) is 1.34. The largest absolute Gasteiger partial charge is 0.494 e. The normalized spacial score (nSPS) is 15.7. The predicted octanol–water partition coefficient (Wildman–Crippen LogP) is 3.17. The van der Waals surface area contributed by atoms with E-state index in [1.807, 2.05) is 6.92 Å². The molecule has 2 amide bonds. The van der Waals surface area contributed by atoms with Crippen LogP contribution in [0.1, 0.15) is 19.8 Å². The van der Waals surface area contributed by atoms with Crippen LogP contribution in [0.15, 0.2) is 42.5 Å². The van der Waals surface area contributed by atoms with Crippen molar-refractivity contribution in [3.05, 3.63) is 42.5 Å². The topological polar surface area (TPSA) is 85.9 Å². The van der Waals surface area contributed by atoms with Crippen molar-refractivity contribution in [3.8, 4) is 17.2 Å². The smallest absolute Gasteiger partial charge is 0.240 e. The Labute approximate surface area is 156 Å². The Balaban J connectivity index is 1.41. The van der Waals surface area contributed by atoms with E-state index >= 15 is 0 Å². The van der Waals surface area contributed by atoms with Gasteiger partial charge in [0.15, 0.2) is 11.5 Å². The molecule has 2 aliphatic rings. The highest BCUT2D eigenvalue weighted by Gasteiger charge is 2.56. The molecule has 2 N–H and O–H groups in total. The van der Waals surface area contributed by atoms with Gasteiger partial charge in [-0.05, 0) is 56.2 Å². The summed E-state index contributed by atoms with van der Waals surface area (Å²) in [6.07, 6.45) is 1.04. The zero-order chi connectivity index (χ0) is 18.9. The minimum absolute atomic E-state index is 0.168.